The van der Waals surface area contributed by atoms with Gasteiger partial charge >= 0.3 is 5.97 Å². The molecule has 0 saturated carbocycles. The summed E-state index contributed by atoms with van der Waals surface area (Å²) in [4.78, 5) is 12.0. The summed E-state index contributed by atoms with van der Waals surface area (Å²) in [7, 11) is 0. The standard InChI is InChI=1S/C13H11FO2S/c1-7-3-4-9(14)6-10(7)12-8(2)5-11(17-12)13(15)16/h3-6H,1-2H3,(H,15,16). The number of aryl methyl sites for hydroxylation is 2. The van der Waals surface area contributed by atoms with Crippen LogP contribution in [0.1, 0.15) is 20.8 Å². The largest absolute Gasteiger partial charge is 0.477 e. The van der Waals surface area contributed by atoms with E-state index in [4.69, 9.17) is 5.11 Å². The normalized spacial score (nSPS) is 10.5. The Hall–Kier alpha value is -1.68. The van der Waals surface area contributed by atoms with Gasteiger partial charge in [-0.15, -0.1) is 11.3 Å². The number of thiophene rings is 1. The molecular weight excluding hydrogens is 239 g/mol. The van der Waals surface area contributed by atoms with Crippen LogP contribution in [-0.2, 0) is 0 Å². The van der Waals surface area contributed by atoms with Crippen LogP contribution in [0.5, 0.6) is 0 Å². The van der Waals surface area contributed by atoms with Crippen LogP contribution in [0.25, 0.3) is 10.4 Å². The van der Waals surface area contributed by atoms with E-state index in [-0.39, 0.29) is 10.7 Å². The predicted octanol–water partition coefficient (Wildman–Crippen LogP) is 3.87. The summed E-state index contributed by atoms with van der Waals surface area (Å²) in [5, 5.41) is 8.93. The molecule has 0 spiro atoms. The van der Waals surface area contributed by atoms with Gasteiger partial charge in [-0.05, 0) is 48.7 Å². The van der Waals surface area contributed by atoms with Crippen molar-refractivity contribution in [3.63, 3.8) is 0 Å². The first-order chi connectivity index (χ1) is 7.99. The lowest BCUT2D eigenvalue weighted by Crippen LogP contribution is -1.89. The molecule has 0 amide bonds. The van der Waals surface area contributed by atoms with Gasteiger partial charge in [-0.2, -0.15) is 0 Å². The zero-order valence-electron chi connectivity index (χ0n) is 9.45. The second kappa shape index (κ2) is 4.30. The Labute approximate surface area is 102 Å². The molecule has 1 N–H and O–H groups in total. The number of benzene rings is 1. The van der Waals surface area contributed by atoms with E-state index >= 15 is 0 Å². The molecule has 0 unspecified atom stereocenters. The summed E-state index contributed by atoms with van der Waals surface area (Å²) in [6.07, 6.45) is 0. The molecule has 1 aromatic heterocycles. The van der Waals surface area contributed by atoms with Crippen LogP contribution in [0.15, 0.2) is 24.3 Å². The van der Waals surface area contributed by atoms with Crippen molar-refractivity contribution in [2.75, 3.05) is 0 Å². The summed E-state index contributed by atoms with van der Waals surface area (Å²) >= 11 is 1.18. The highest BCUT2D eigenvalue weighted by Gasteiger charge is 2.14. The minimum atomic E-state index is -0.946. The quantitative estimate of drug-likeness (QED) is 0.878. The Kier molecular flexibility index (Phi) is 2.98. The fourth-order valence-corrected chi connectivity index (χ4v) is 2.79. The van der Waals surface area contributed by atoms with Crippen LogP contribution in [0, 0.1) is 19.7 Å². The zero-order chi connectivity index (χ0) is 12.6. The molecule has 1 aromatic carbocycles. The Morgan fingerprint density at radius 1 is 1.24 bits per heavy atom. The van der Waals surface area contributed by atoms with Crippen LogP contribution in [-0.4, -0.2) is 11.1 Å². The molecule has 0 aliphatic carbocycles. The van der Waals surface area contributed by atoms with Gasteiger partial charge in [0.15, 0.2) is 0 Å². The molecule has 1 heterocycles. The highest BCUT2D eigenvalue weighted by Crippen LogP contribution is 2.34. The van der Waals surface area contributed by atoms with Crippen molar-refractivity contribution in [2.45, 2.75) is 13.8 Å². The third kappa shape index (κ3) is 2.22. The lowest BCUT2D eigenvalue weighted by atomic mass is 10.0. The first-order valence-electron chi connectivity index (χ1n) is 5.09. The Bertz CT molecular complexity index is 587. The van der Waals surface area contributed by atoms with Gasteiger partial charge < -0.3 is 5.11 Å². The molecule has 2 rings (SSSR count). The average molecular weight is 250 g/mol. The lowest BCUT2D eigenvalue weighted by Gasteiger charge is -2.04. The van der Waals surface area contributed by atoms with E-state index in [1.807, 2.05) is 13.8 Å². The number of carboxylic acid groups (broad SMARTS) is 1. The van der Waals surface area contributed by atoms with Crippen LogP contribution in [0.2, 0.25) is 0 Å². The summed E-state index contributed by atoms with van der Waals surface area (Å²) in [5.41, 5.74) is 2.56. The Balaban J connectivity index is 2.60. The maximum absolute atomic E-state index is 13.2. The SMILES string of the molecule is Cc1ccc(F)cc1-c1sc(C(=O)O)cc1C. The third-order valence-corrected chi connectivity index (χ3v) is 3.83. The molecule has 2 aromatic rings. The van der Waals surface area contributed by atoms with Crippen molar-refractivity contribution in [3.8, 4) is 10.4 Å². The van der Waals surface area contributed by atoms with Crippen molar-refractivity contribution in [1.29, 1.82) is 0 Å². The van der Waals surface area contributed by atoms with Crippen molar-refractivity contribution in [3.05, 3.63) is 46.1 Å². The Morgan fingerprint density at radius 2 is 1.94 bits per heavy atom. The zero-order valence-corrected chi connectivity index (χ0v) is 10.3. The summed E-state index contributed by atoms with van der Waals surface area (Å²) in [6, 6.07) is 6.16. The van der Waals surface area contributed by atoms with Gasteiger partial charge in [0.05, 0.1) is 0 Å². The van der Waals surface area contributed by atoms with Gasteiger partial charge in [-0.1, -0.05) is 6.07 Å². The molecule has 0 bridgehead atoms. The van der Waals surface area contributed by atoms with E-state index < -0.39 is 5.97 Å². The van der Waals surface area contributed by atoms with E-state index in [2.05, 4.69) is 0 Å². The number of carbonyl (C=O) groups is 1. The molecule has 88 valence electrons. The minimum Gasteiger partial charge on any atom is -0.477 e. The third-order valence-electron chi connectivity index (χ3n) is 2.57. The van der Waals surface area contributed by atoms with Gasteiger partial charge in [0.2, 0.25) is 0 Å². The van der Waals surface area contributed by atoms with Crippen LogP contribution < -0.4 is 0 Å². The van der Waals surface area contributed by atoms with Gasteiger partial charge in [0, 0.05) is 4.88 Å². The number of rotatable bonds is 2. The number of aromatic carboxylic acids is 1. The summed E-state index contributed by atoms with van der Waals surface area (Å²) in [6.45, 7) is 3.72. The first kappa shape index (κ1) is 11.8. The van der Waals surface area contributed by atoms with E-state index in [1.165, 1.54) is 23.5 Å². The van der Waals surface area contributed by atoms with Crippen molar-refractivity contribution >= 4 is 17.3 Å². The molecule has 0 aliphatic rings. The number of hydrogen-bond donors (Lipinski definition) is 1. The molecule has 0 saturated heterocycles. The monoisotopic (exact) mass is 250 g/mol. The van der Waals surface area contributed by atoms with Gasteiger partial charge in [0.1, 0.15) is 10.7 Å². The minimum absolute atomic E-state index is 0.279. The first-order valence-corrected chi connectivity index (χ1v) is 5.91. The molecule has 0 radical (unpaired) electrons. The van der Waals surface area contributed by atoms with Crippen molar-refractivity contribution < 1.29 is 14.3 Å². The number of hydrogen-bond acceptors (Lipinski definition) is 2. The van der Waals surface area contributed by atoms with E-state index in [0.717, 1.165) is 21.6 Å². The number of carboxylic acids is 1. The molecule has 0 aliphatic heterocycles. The number of halogens is 1. The van der Waals surface area contributed by atoms with E-state index in [1.54, 1.807) is 12.1 Å². The predicted molar refractivity (Wildman–Crippen MR) is 66.1 cm³/mol. The van der Waals surface area contributed by atoms with E-state index in [0.29, 0.717) is 0 Å². The Morgan fingerprint density at radius 3 is 2.53 bits per heavy atom. The lowest BCUT2D eigenvalue weighted by molar-refractivity contribution is 0.0702. The average Bonchev–Trinajstić information content (AvgIpc) is 2.64. The second-order valence-corrected chi connectivity index (χ2v) is 4.94. The molecule has 4 heteroatoms. The fourth-order valence-electron chi connectivity index (χ4n) is 1.69. The van der Waals surface area contributed by atoms with Crippen molar-refractivity contribution in [2.24, 2.45) is 0 Å². The molecule has 2 nitrogen and oxygen atoms in total. The van der Waals surface area contributed by atoms with Crippen molar-refractivity contribution in [1.82, 2.24) is 0 Å². The van der Waals surface area contributed by atoms with Crippen LogP contribution >= 0.6 is 11.3 Å². The van der Waals surface area contributed by atoms with Gasteiger partial charge in [0.25, 0.3) is 0 Å². The topological polar surface area (TPSA) is 37.3 Å². The van der Waals surface area contributed by atoms with Crippen LogP contribution in [0.3, 0.4) is 0 Å². The highest BCUT2D eigenvalue weighted by molar-refractivity contribution is 7.17. The van der Waals surface area contributed by atoms with E-state index in [9.17, 15) is 9.18 Å². The molecular formula is C13H11FO2S. The van der Waals surface area contributed by atoms with Gasteiger partial charge in [-0.25, -0.2) is 9.18 Å². The second-order valence-electron chi connectivity index (χ2n) is 3.89. The highest BCUT2D eigenvalue weighted by atomic mass is 32.1. The van der Waals surface area contributed by atoms with Gasteiger partial charge in [-0.3, -0.25) is 0 Å². The maximum Gasteiger partial charge on any atom is 0.345 e. The summed E-state index contributed by atoms with van der Waals surface area (Å²) in [5.74, 6) is -1.26. The fraction of sp³-hybridized carbons (Fsp3) is 0.154. The maximum atomic E-state index is 13.2. The molecule has 17 heavy (non-hydrogen) atoms. The molecule has 0 fully saturated rings. The van der Waals surface area contributed by atoms with Crippen LogP contribution in [0.4, 0.5) is 4.39 Å². The molecule has 0 atom stereocenters. The smallest absolute Gasteiger partial charge is 0.345 e. The summed E-state index contributed by atoms with van der Waals surface area (Å²) < 4.78 is 13.2.